The molecule has 0 aliphatic carbocycles. The van der Waals surface area contributed by atoms with E-state index < -0.39 is 0 Å². The Hall–Kier alpha value is -2.87. The van der Waals surface area contributed by atoms with Crippen LogP contribution in [0.3, 0.4) is 0 Å². The van der Waals surface area contributed by atoms with Crippen molar-refractivity contribution in [1.29, 1.82) is 0 Å². The monoisotopic (exact) mass is 511 g/mol. The number of amides is 2. The first kappa shape index (κ1) is 23.9. The van der Waals surface area contributed by atoms with E-state index in [0.29, 0.717) is 40.9 Å². The van der Waals surface area contributed by atoms with Crippen LogP contribution in [0.4, 0.5) is 0 Å². The largest absolute Gasteiger partial charge is 0.348 e. The Morgan fingerprint density at radius 2 is 1.66 bits per heavy atom. The predicted molar refractivity (Wildman–Crippen MR) is 136 cm³/mol. The van der Waals surface area contributed by atoms with E-state index in [9.17, 15) is 9.59 Å². The third-order valence-corrected chi connectivity index (χ3v) is 7.39. The molecule has 35 heavy (non-hydrogen) atoms. The highest BCUT2D eigenvalue weighted by Crippen LogP contribution is 2.27. The summed E-state index contributed by atoms with van der Waals surface area (Å²) < 4.78 is 1.62. The zero-order chi connectivity index (χ0) is 24.4. The fourth-order valence-corrected chi connectivity index (χ4v) is 5.23. The summed E-state index contributed by atoms with van der Waals surface area (Å²) in [5, 5.41) is 8.57. The minimum absolute atomic E-state index is 0.0998. The van der Waals surface area contributed by atoms with Gasteiger partial charge in [0.15, 0.2) is 5.69 Å². The Labute approximate surface area is 214 Å². The highest BCUT2D eigenvalue weighted by atomic mass is 35.5. The Kier molecular flexibility index (Phi) is 7.09. The molecule has 7 nitrogen and oxygen atoms in total. The fourth-order valence-electron chi connectivity index (χ4n) is 4.71. The lowest BCUT2D eigenvalue weighted by atomic mass is 10.0. The minimum Gasteiger partial charge on any atom is -0.348 e. The second kappa shape index (κ2) is 10.4. The van der Waals surface area contributed by atoms with E-state index in [1.807, 2.05) is 6.07 Å². The molecule has 0 radical (unpaired) electrons. The van der Waals surface area contributed by atoms with E-state index in [4.69, 9.17) is 23.2 Å². The summed E-state index contributed by atoms with van der Waals surface area (Å²) in [5.74, 6) is -0.421. The van der Waals surface area contributed by atoms with Crippen LogP contribution < -0.4 is 5.32 Å². The van der Waals surface area contributed by atoms with Gasteiger partial charge in [-0.05, 0) is 30.5 Å². The molecule has 2 amide bonds. The van der Waals surface area contributed by atoms with E-state index in [1.54, 1.807) is 33.8 Å². The highest BCUT2D eigenvalue weighted by Gasteiger charge is 2.30. The van der Waals surface area contributed by atoms with Crippen LogP contribution in [0.15, 0.2) is 54.6 Å². The first-order valence-corrected chi connectivity index (χ1v) is 12.6. The number of carbonyl (C=O) groups excluding carboxylic acids is 2. The lowest BCUT2D eigenvalue weighted by Gasteiger charge is -2.32. The molecule has 5 rings (SSSR count). The maximum absolute atomic E-state index is 13.1. The molecule has 3 heterocycles. The molecule has 1 fully saturated rings. The zero-order valence-corrected chi connectivity index (χ0v) is 20.8. The van der Waals surface area contributed by atoms with Crippen molar-refractivity contribution in [3.63, 3.8) is 0 Å². The van der Waals surface area contributed by atoms with Gasteiger partial charge in [0.2, 0.25) is 0 Å². The topological polar surface area (TPSA) is 70.5 Å². The maximum Gasteiger partial charge on any atom is 0.272 e. The maximum atomic E-state index is 13.1. The van der Waals surface area contributed by atoms with Crippen LogP contribution in [0.2, 0.25) is 10.0 Å². The van der Waals surface area contributed by atoms with E-state index >= 15 is 0 Å². The first-order chi connectivity index (χ1) is 17.0. The number of rotatable bonds is 6. The molecule has 2 aliphatic heterocycles. The van der Waals surface area contributed by atoms with Gasteiger partial charge in [0.05, 0.1) is 6.54 Å². The van der Waals surface area contributed by atoms with Crippen molar-refractivity contribution in [3.05, 3.63) is 87.2 Å². The van der Waals surface area contributed by atoms with Gasteiger partial charge in [-0.15, -0.1) is 0 Å². The number of carbonyl (C=O) groups is 2. The molecule has 0 bridgehead atoms. The molecule has 0 atom stereocenters. The lowest BCUT2D eigenvalue weighted by Crippen LogP contribution is -2.44. The van der Waals surface area contributed by atoms with Crippen molar-refractivity contribution in [2.24, 2.45) is 0 Å². The fraction of sp³-hybridized carbons (Fsp3) is 0.346. The number of benzene rings is 2. The quantitative estimate of drug-likeness (QED) is 0.537. The summed E-state index contributed by atoms with van der Waals surface area (Å²) in [6.45, 7) is 4.07. The number of nitrogens with one attached hydrogen (secondary N) is 1. The van der Waals surface area contributed by atoms with Crippen molar-refractivity contribution in [2.75, 3.05) is 19.6 Å². The molecule has 9 heteroatoms. The van der Waals surface area contributed by atoms with Crippen molar-refractivity contribution in [3.8, 4) is 0 Å². The van der Waals surface area contributed by atoms with Crippen LogP contribution in [0.25, 0.3) is 0 Å². The van der Waals surface area contributed by atoms with Crippen LogP contribution in [0.5, 0.6) is 0 Å². The van der Waals surface area contributed by atoms with Gasteiger partial charge in [-0.25, -0.2) is 0 Å². The van der Waals surface area contributed by atoms with Crippen LogP contribution in [0, 0.1) is 0 Å². The van der Waals surface area contributed by atoms with Gasteiger partial charge in [-0.1, -0.05) is 59.6 Å². The van der Waals surface area contributed by atoms with Crippen LogP contribution in [-0.4, -0.2) is 57.1 Å². The Bertz CT molecular complexity index is 1200. The number of hydrogen-bond donors (Lipinski definition) is 1. The average Bonchev–Trinajstić information content (AvgIpc) is 3.30. The number of nitrogens with zero attached hydrogens (tertiary/aromatic N) is 4. The number of fused-ring (bicyclic) bond motifs is 1. The van der Waals surface area contributed by atoms with Crippen molar-refractivity contribution in [1.82, 2.24) is 24.9 Å². The second-order valence-electron chi connectivity index (χ2n) is 9.07. The van der Waals surface area contributed by atoms with Gasteiger partial charge in [-0.2, -0.15) is 5.10 Å². The molecule has 182 valence electrons. The zero-order valence-electron chi connectivity index (χ0n) is 19.3. The summed E-state index contributed by atoms with van der Waals surface area (Å²) in [4.78, 5) is 30.1. The molecule has 2 aromatic carbocycles. The van der Waals surface area contributed by atoms with Gasteiger partial charge in [0.1, 0.15) is 5.69 Å². The highest BCUT2D eigenvalue weighted by molar-refractivity contribution is 6.36. The SMILES string of the molecule is O=C(NC1CCN(Cc2ccccc2)CC1)c1cc2n(n1)CCN(Cc1c(Cl)cccc1Cl)C2=O. The summed E-state index contributed by atoms with van der Waals surface area (Å²) >= 11 is 12.6. The van der Waals surface area contributed by atoms with Gasteiger partial charge >= 0.3 is 0 Å². The number of aromatic nitrogens is 2. The minimum atomic E-state index is -0.234. The Morgan fingerprint density at radius 1 is 0.943 bits per heavy atom. The summed E-state index contributed by atoms with van der Waals surface area (Å²) in [6, 6.07) is 17.4. The van der Waals surface area contributed by atoms with Crippen molar-refractivity contribution >= 4 is 35.0 Å². The van der Waals surface area contributed by atoms with Crippen LogP contribution in [-0.2, 0) is 19.6 Å². The molecule has 1 aromatic heterocycles. The predicted octanol–water partition coefficient (Wildman–Crippen LogP) is 4.24. The van der Waals surface area contributed by atoms with E-state index in [-0.39, 0.29) is 23.6 Å². The molecule has 1 N–H and O–H groups in total. The normalized spacial score (nSPS) is 16.9. The average molecular weight is 512 g/mol. The van der Waals surface area contributed by atoms with Gasteiger partial charge < -0.3 is 10.2 Å². The van der Waals surface area contributed by atoms with Crippen molar-refractivity contribution in [2.45, 2.75) is 38.5 Å². The summed E-state index contributed by atoms with van der Waals surface area (Å²) in [6.07, 6.45) is 1.77. The Balaban J connectivity index is 1.18. The summed E-state index contributed by atoms with van der Waals surface area (Å²) in [7, 11) is 0. The number of piperidine rings is 1. The molecular formula is C26H27Cl2N5O2. The summed E-state index contributed by atoms with van der Waals surface area (Å²) in [5.41, 5.74) is 2.70. The molecule has 0 unspecified atom stereocenters. The van der Waals surface area contributed by atoms with Crippen LogP contribution >= 0.6 is 23.2 Å². The molecule has 0 spiro atoms. The molecular weight excluding hydrogens is 485 g/mol. The standard InChI is InChI=1S/C26H27Cl2N5O2/c27-21-7-4-8-22(28)20(21)17-32-13-14-33-24(26(32)35)15-23(30-33)25(34)29-19-9-11-31(12-10-19)16-18-5-2-1-3-6-18/h1-8,15,19H,9-14,16-17H2,(H,29,34). The second-order valence-corrected chi connectivity index (χ2v) is 9.89. The number of likely N-dealkylation sites (tertiary alicyclic amines) is 1. The van der Waals surface area contributed by atoms with Gasteiger partial charge in [-0.3, -0.25) is 19.2 Å². The molecule has 0 saturated carbocycles. The number of halogens is 2. The van der Waals surface area contributed by atoms with E-state index in [1.165, 1.54) is 5.56 Å². The van der Waals surface area contributed by atoms with Crippen molar-refractivity contribution < 1.29 is 9.59 Å². The molecule has 1 saturated heterocycles. The number of hydrogen-bond acceptors (Lipinski definition) is 4. The van der Waals surface area contributed by atoms with E-state index in [2.05, 4.69) is 39.6 Å². The molecule has 2 aliphatic rings. The third-order valence-electron chi connectivity index (χ3n) is 6.68. The lowest BCUT2D eigenvalue weighted by molar-refractivity contribution is 0.0683. The Morgan fingerprint density at radius 3 is 2.37 bits per heavy atom. The molecule has 3 aromatic rings. The third kappa shape index (κ3) is 5.37. The first-order valence-electron chi connectivity index (χ1n) is 11.8. The van der Waals surface area contributed by atoms with Gasteiger partial charge in [0.25, 0.3) is 11.8 Å². The van der Waals surface area contributed by atoms with Gasteiger partial charge in [0, 0.05) is 60.4 Å². The smallest absolute Gasteiger partial charge is 0.272 e. The van der Waals surface area contributed by atoms with Crippen LogP contribution in [0.1, 0.15) is 44.9 Å². The van der Waals surface area contributed by atoms with E-state index in [0.717, 1.165) is 32.5 Å².